The van der Waals surface area contributed by atoms with Gasteiger partial charge in [-0.15, -0.1) is 0 Å². The Bertz CT molecular complexity index is 984. The number of anilines is 1. The molecule has 2 aliphatic heterocycles. The molecule has 0 radical (unpaired) electrons. The summed E-state index contributed by atoms with van der Waals surface area (Å²) in [4.78, 5) is 21.5. The molecule has 1 unspecified atom stereocenters. The Morgan fingerprint density at radius 3 is 2.62 bits per heavy atom. The molecule has 0 bridgehead atoms. The molecule has 1 atom stereocenters. The predicted molar refractivity (Wildman–Crippen MR) is 131 cm³/mol. The van der Waals surface area contributed by atoms with Crippen molar-refractivity contribution in [2.75, 3.05) is 71.4 Å². The van der Waals surface area contributed by atoms with Gasteiger partial charge < -0.3 is 30.6 Å². The highest BCUT2D eigenvalue weighted by Crippen LogP contribution is 2.41. The van der Waals surface area contributed by atoms with E-state index in [1.165, 1.54) is 0 Å². The summed E-state index contributed by atoms with van der Waals surface area (Å²) < 4.78 is 17.1. The molecule has 4 N–H and O–H groups in total. The van der Waals surface area contributed by atoms with E-state index >= 15 is 0 Å². The van der Waals surface area contributed by atoms with Crippen molar-refractivity contribution in [3.8, 4) is 16.9 Å². The minimum atomic E-state index is -0.546. The second-order valence-corrected chi connectivity index (χ2v) is 8.84. The van der Waals surface area contributed by atoms with Gasteiger partial charge in [-0.2, -0.15) is 0 Å². The van der Waals surface area contributed by atoms with E-state index in [4.69, 9.17) is 37.3 Å². The standard InChI is InChI=1S/C24H32ClN5O4/c25-19-13-18-14-21(34-23(18)20(16-19)17-1-3-28-22(27)15-17)24(31)30-6-4-29(5-7-30)8-10-33-12-11-32-9-2-26/h1,3,13,15-16,21H,2,4-12,14,26H2,(H2,27,28). The van der Waals surface area contributed by atoms with Crippen molar-refractivity contribution in [3.63, 3.8) is 0 Å². The molecular formula is C24H32ClN5O4. The van der Waals surface area contributed by atoms with Crippen molar-refractivity contribution >= 4 is 23.3 Å². The van der Waals surface area contributed by atoms with Crippen LogP contribution in [0.4, 0.5) is 5.82 Å². The summed E-state index contributed by atoms with van der Waals surface area (Å²) in [6, 6.07) is 7.35. The Morgan fingerprint density at radius 1 is 1.12 bits per heavy atom. The van der Waals surface area contributed by atoms with Crippen LogP contribution in [0.15, 0.2) is 30.5 Å². The summed E-state index contributed by atoms with van der Waals surface area (Å²) in [5, 5.41) is 0.600. The van der Waals surface area contributed by atoms with Crippen molar-refractivity contribution < 1.29 is 19.0 Å². The van der Waals surface area contributed by atoms with Gasteiger partial charge in [0.15, 0.2) is 6.10 Å². The van der Waals surface area contributed by atoms with Gasteiger partial charge in [0, 0.05) is 68.0 Å². The number of carbonyl (C=O) groups excluding carboxylic acids is 1. The fourth-order valence-electron chi connectivity index (χ4n) is 4.29. The summed E-state index contributed by atoms with van der Waals surface area (Å²) in [6.07, 6.45) is 1.60. The van der Waals surface area contributed by atoms with E-state index in [2.05, 4.69) is 9.88 Å². The summed E-state index contributed by atoms with van der Waals surface area (Å²) in [6.45, 7) is 6.65. The third-order valence-electron chi connectivity index (χ3n) is 6.03. The second-order valence-electron chi connectivity index (χ2n) is 8.40. The van der Waals surface area contributed by atoms with E-state index in [-0.39, 0.29) is 5.91 Å². The Kier molecular flexibility index (Phi) is 8.58. The largest absolute Gasteiger partial charge is 0.479 e. The summed E-state index contributed by atoms with van der Waals surface area (Å²) in [5.74, 6) is 1.13. The normalized spacial score (nSPS) is 18.1. The SMILES string of the molecule is NCCOCCOCCN1CCN(C(=O)C2Cc3cc(Cl)cc(-c4ccnc(N)c4)c3O2)CC1. The Balaban J connectivity index is 1.28. The minimum absolute atomic E-state index is 0.0143. The lowest BCUT2D eigenvalue weighted by Crippen LogP contribution is -2.52. The summed E-state index contributed by atoms with van der Waals surface area (Å²) in [5.41, 5.74) is 13.9. The van der Waals surface area contributed by atoms with E-state index < -0.39 is 6.10 Å². The van der Waals surface area contributed by atoms with Crippen molar-refractivity contribution in [2.45, 2.75) is 12.5 Å². The number of amides is 1. The van der Waals surface area contributed by atoms with Crippen LogP contribution in [0.5, 0.6) is 5.75 Å². The highest BCUT2D eigenvalue weighted by molar-refractivity contribution is 6.31. The van der Waals surface area contributed by atoms with Crippen molar-refractivity contribution in [3.05, 3.63) is 41.0 Å². The molecule has 184 valence electrons. The molecule has 10 heteroatoms. The minimum Gasteiger partial charge on any atom is -0.479 e. The molecule has 1 saturated heterocycles. The summed E-state index contributed by atoms with van der Waals surface area (Å²) in [7, 11) is 0. The smallest absolute Gasteiger partial charge is 0.264 e. The number of halogens is 1. The van der Waals surface area contributed by atoms with E-state index in [0.29, 0.717) is 69.1 Å². The average molecular weight is 490 g/mol. The first-order valence-electron chi connectivity index (χ1n) is 11.6. The number of nitrogen functional groups attached to an aromatic ring is 1. The third-order valence-corrected chi connectivity index (χ3v) is 6.25. The third kappa shape index (κ3) is 6.17. The molecule has 0 saturated carbocycles. The Morgan fingerprint density at radius 2 is 1.88 bits per heavy atom. The number of nitrogens with two attached hydrogens (primary N) is 2. The van der Waals surface area contributed by atoms with Gasteiger partial charge in [-0.1, -0.05) is 11.6 Å². The first-order chi connectivity index (χ1) is 16.5. The molecular weight excluding hydrogens is 458 g/mol. The highest BCUT2D eigenvalue weighted by atomic mass is 35.5. The molecule has 0 aliphatic carbocycles. The quantitative estimate of drug-likeness (QED) is 0.481. The lowest BCUT2D eigenvalue weighted by atomic mass is 10.0. The molecule has 1 amide bonds. The topological polar surface area (TPSA) is 116 Å². The summed E-state index contributed by atoms with van der Waals surface area (Å²) >= 11 is 6.37. The highest BCUT2D eigenvalue weighted by Gasteiger charge is 2.35. The van der Waals surface area contributed by atoms with E-state index in [9.17, 15) is 4.79 Å². The number of hydrogen-bond acceptors (Lipinski definition) is 8. The number of rotatable bonds is 10. The van der Waals surface area contributed by atoms with Gasteiger partial charge in [-0.25, -0.2) is 4.98 Å². The van der Waals surface area contributed by atoms with Gasteiger partial charge >= 0.3 is 0 Å². The number of hydrogen-bond donors (Lipinski definition) is 2. The van der Waals surface area contributed by atoms with Crippen LogP contribution in [0.3, 0.4) is 0 Å². The van der Waals surface area contributed by atoms with Crippen LogP contribution >= 0.6 is 11.6 Å². The molecule has 34 heavy (non-hydrogen) atoms. The van der Waals surface area contributed by atoms with Crippen LogP contribution in [-0.2, 0) is 20.7 Å². The van der Waals surface area contributed by atoms with E-state index in [1.54, 1.807) is 12.3 Å². The predicted octanol–water partition coefficient (Wildman–Crippen LogP) is 1.42. The monoisotopic (exact) mass is 489 g/mol. The number of carbonyl (C=O) groups is 1. The maximum absolute atomic E-state index is 13.2. The van der Waals surface area contributed by atoms with Crippen LogP contribution in [0, 0.1) is 0 Å². The van der Waals surface area contributed by atoms with Gasteiger partial charge in [0.2, 0.25) is 0 Å². The van der Waals surface area contributed by atoms with Gasteiger partial charge in [0.1, 0.15) is 11.6 Å². The van der Waals surface area contributed by atoms with Crippen LogP contribution < -0.4 is 16.2 Å². The molecule has 1 aromatic carbocycles. The fraction of sp³-hybridized carbons (Fsp3) is 0.500. The van der Waals surface area contributed by atoms with Gasteiger partial charge in [0.05, 0.1) is 26.4 Å². The van der Waals surface area contributed by atoms with Crippen LogP contribution in [-0.4, -0.2) is 92.5 Å². The van der Waals surface area contributed by atoms with Gasteiger partial charge in [0.25, 0.3) is 5.91 Å². The fourth-order valence-corrected chi connectivity index (χ4v) is 4.53. The Labute approximate surface area is 204 Å². The van der Waals surface area contributed by atoms with Crippen molar-refractivity contribution in [1.29, 1.82) is 0 Å². The molecule has 4 rings (SSSR count). The molecule has 9 nitrogen and oxygen atoms in total. The molecule has 0 spiro atoms. The molecule has 1 fully saturated rings. The van der Waals surface area contributed by atoms with Crippen molar-refractivity contribution in [1.82, 2.24) is 14.8 Å². The number of fused-ring (bicyclic) bond motifs is 1. The first-order valence-corrected chi connectivity index (χ1v) is 12.0. The number of nitrogens with zero attached hydrogens (tertiary/aromatic N) is 3. The molecule has 2 aromatic rings. The van der Waals surface area contributed by atoms with Gasteiger partial charge in [-0.05, 0) is 29.8 Å². The van der Waals surface area contributed by atoms with Crippen LogP contribution in [0.2, 0.25) is 5.02 Å². The number of benzene rings is 1. The van der Waals surface area contributed by atoms with Crippen LogP contribution in [0.25, 0.3) is 11.1 Å². The number of piperazine rings is 1. The maximum Gasteiger partial charge on any atom is 0.264 e. The second kappa shape index (κ2) is 11.8. The van der Waals surface area contributed by atoms with Crippen molar-refractivity contribution in [2.24, 2.45) is 5.73 Å². The Hall–Kier alpha value is -2.43. The van der Waals surface area contributed by atoms with Crippen LogP contribution in [0.1, 0.15) is 5.56 Å². The average Bonchev–Trinajstić information content (AvgIpc) is 3.27. The lowest BCUT2D eigenvalue weighted by Gasteiger charge is -2.35. The van der Waals surface area contributed by atoms with E-state index in [1.807, 2.05) is 23.1 Å². The zero-order chi connectivity index (χ0) is 23.9. The number of aromatic nitrogens is 1. The molecule has 3 heterocycles. The number of ether oxygens (including phenoxy) is 3. The lowest BCUT2D eigenvalue weighted by molar-refractivity contribution is -0.139. The maximum atomic E-state index is 13.2. The zero-order valence-electron chi connectivity index (χ0n) is 19.2. The van der Waals surface area contributed by atoms with Gasteiger partial charge in [-0.3, -0.25) is 9.69 Å². The first kappa shape index (κ1) is 24.7. The number of pyridine rings is 1. The zero-order valence-corrected chi connectivity index (χ0v) is 20.0. The molecule has 1 aromatic heterocycles. The molecule has 2 aliphatic rings. The van der Waals surface area contributed by atoms with E-state index in [0.717, 1.165) is 36.3 Å².